The lowest BCUT2D eigenvalue weighted by molar-refractivity contribution is -0.149. The molecule has 0 aliphatic carbocycles. The number of likely N-dealkylation sites (tertiary alicyclic amines) is 1. The van der Waals surface area contributed by atoms with Crippen molar-refractivity contribution in [3.05, 3.63) is 22.4 Å². The first kappa shape index (κ1) is 16.1. The number of aryl methyl sites for hydroxylation is 1. The molecule has 1 aliphatic heterocycles. The van der Waals surface area contributed by atoms with Gasteiger partial charge in [0.25, 0.3) is 5.91 Å². The zero-order valence-electron chi connectivity index (χ0n) is 12.5. The number of carbonyl (C=O) groups is 2. The highest BCUT2D eigenvalue weighted by Crippen LogP contribution is 2.22. The van der Waals surface area contributed by atoms with Gasteiger partial charge in [-0.1, -0.05) is 0 Å². The van der Waals surface area contributed by atoms with E-state index in [1.54, 1.807) is 11.8 Å². The second-order valence-electron chi connectivity index (χ2n) is 5.17. The molecule has 1 fully saturated rings. The summed E-state index contributed by atoms with van der Waals surface area (Å²) in [6, 6.07) is 1.83. The summed E-state index contributed by atoms with van der Waals surface area (Å²) in [5.41, 5.74) is 0.661. The summed E-state index contributed by atoms with van der Waals surface area (Å²) in [5, 5.41) is 0. The summed E-state index contributed by atoms with van der Waals surface area (Å²) in [7, 11) is 0. The minimum atomic E-state index is -0.198. The standard InChI is InChI=1S/C15H21BrN2O3/c1-3-17-10-12(16)8-13(17)14(19)18-7-5-6-11(9-18)15(20)21-4-2/h8,10-11H,3-7,9H2,1-2H3. The molecule has 2 heterocycles. The van der Waals surface area contributed by atoms with Crippen molar-refractivity contribution in [3.8, 4) is 0 Å². The molecule has 1 amide bonds. The Kier molecular flexibility index (Phi) is 5.45. The van der Waals surface area contributed by atoms with Crippen LogP contribution < -0.4 is 0 Å². The number of aromatic nitrogens is 1. The lowest BCUT2D eigenvalue weighted by Crippen LogP contribution is -2.43. The van der Waals surface area contributed by atoms with E-state index in [0.717, 1.165) is 23.9 Å². The predicted molar refractivity (Wildman–Crippen MR) is 83.1 cm³/mol. The monoisotopic (exact) mass is 356 g/mol. The van der Waals surface area contributed by atoms with Crippen LogP contribution in [0.1, 0.15) is 37.2 Å². The van der Waals surface area contributed by atoms with Crippen molar-refractivity contribution in [3.63, 3.8) is 0 Å². The summed E-state index contributed by atoms with van der Waals surface area (Å²) < 4.78 is 7.89. The second-order valence-corrected chi connectivity index (χ2v) is 6.09. The lowest BCUT2D eigenvalue weighted by Gasteiger charge is -2.31. The first-order chi connectivity index (χ1) is 10.1. The summed E-state index contributed by atoms with van der Waals surface area (Å²) in [6.45, 7) is 6.07. The van der Waals surface area contributed by atoms with E-state index in [0.29, 0.717) is 25.4 Å². The molecule has 1 aliphatic rings. The molecule has 1 aromatic heterocycles. The van der Waals surface area contributed by atoms with Crippen LogP contribution in [0.5, 0.6) is 0 Å². The molecule has 1 unspecified atom stereocenters. The van der Waals surface area contributed by atoms with Crippen LogP contribution in [0.3, 0.4) is 0 Å². The fourth-order valence-electron chi connectivity index (χ4n) is 2.69. The van der Waals surface area contributed by atoms with Gasteiger partial charge in [0.2, 0.25) is 0 Å². The number of hydrogen-bond donors (Lipinski definition) is 0. The van der Waals surface area contributed by atoms with Gasteiger partial charge in [0.05, 0.1) is 12.5 Å². The molecule has 2 rings (SSSR count). The van der Waals surface area contributed by atoms with Crippen LogP contribution in [-0.2, 0) is 16.1 Å². The predicted octanol–water partition coefficient (Wildman–Crippen LogP) is 2.69. The van der Waals surface area contributed by atoms with Gasteiger partial charge >= 0.3 is 5.97 Å². The van der Waals surface area contributed by atoms with E-state index in [1.165, 1.54) is 0 Å². The van der Waals surface area contributed by atoms with Gasteiger partial charge in [-0.15, -0.1) is 0 Å². The van der Waals surface area contributed by atoms with E-state index in [9.17, 15) is 9.59 Å². The molecule has 6 heteroatoms. The Bertz CT molecular complexity index is 527. The average molecular weight is 357 g/mol. The molecule has 21 heavy (non-hydrogen) atoms. The lowest BCUT2D eigenvalue weighted by atomic mass is 9.98. The van der Waals surface area contributed by atoms with Gasteiger partial charge in [-0.05, 0) is 48.7 Å². The van der Waals surface area contributed by atoms with Gasteiger partial charge in [0, 0.05) is 30.3 Å². The maximum atomic E-state index is 12.7. The van der Waals surface area contributed by atoms with Crippen molar-refractivity contribution in [1.82, 2.24) is 9.47 Å². The zero-order chi connectivity index (χ0) is 15.4. The summed E-state index contributed by atoms with van der Waals surface area (Å²) in [5.74, 6) is -0.408. The Balaban J connectivity index is 2.10. The molecule has 0 aromatic carbocycles. The van der Waals surface area contributed by atoms with Crippen molar-refractivity contribution in [1.29, 1.82) is 0 Å². The summed E-state index contributed by atoms with van der Waals surface area (Å²) in [4.78, 5) is 26.3. The zero-order valence-corrected chi connectivity index (χ0v) is 14.1. The molecule has 0 saturated carbocycles. The number of amides is 1. The maximum absolute atomic E-state index is 12.7. The van der Waals surface area contributed by atoms with Crippen molar-refractivity contribution in [2.75, 3.05) is 19.7 Å². The minimum Gasteiger partial charge on any atom is -0.466 e. The fraction of sp³-hybridized carbons (Fsp3) is 0.600. The molecule has 1 atom stereocenters. The van der Waals surface area contributed by atoms with Gasteiger partial charge in [-0.3, -0.25) is 9.59 Å². The SMILES string of the molecule is CCOC(=O)C1CCCN(C(=O)c2cc(Br)cn2CC)C1. The van der Waals surface area contributed by atoms with Crippen LogP contribution in [-0.4, -0.2) is 41.0 Å². The van der Waals surface area contributed by atoms with Gasteiger partial charge in [-0.2, -0.15) is 0 Å². The second kappa shape index (κ2) is 7.11. The van der Waals surface area contributed by atoms with Gasteiger partial charge in [-0.25, -0.2) is 0 Å². The smallest absolute Gasteiger partial charge is 0.310 e. The Labute approximate surface area is 133 Å². The summed E-state index contributed by atoms with van der Waals surface area (Å²) in [6.07, 6.45) is 3.53. The number of carbonyl (C=O) groups excluding carboxylic acids is 2. The maximum Gasteiger partial charge on any atom is 0.310 e. The number of halogens is 1. The molecule has 0 N–H and O–H groups in total. The van der Waals surface area contributed by atoms with E-state index < -0.39 is 0 Å². The molecule has 0 spiro atoms. The van der Waals surface area contributed by atoms with E-state index >= 15 is 0 Å². The van der Waals surface area contributed by atoms with Crippen LogP contribution >= 0.6 is 15.9 Å². The average Bonchev–Trinajstić information content (AvgIpc) is 2.88. The van der Waals surface area contributed by atoms with Crippen molar-refractivity contribution < 1.29 is 14.3 Å². The van der Waals surface area contributed by atoms with Gasteiger partial charge in [0.15, 0.2) is 0 Å². The molecule has 0 bridgehead atoms. The van der Waals surface area contributed by atoms with E-state index in [2.05, 4.69) is 15.9 Å². The number of ether oxygens (including phenoxy) is 1. The highest BCUT2D eigenvalue weighted by molar-refractivity contribution is 9.10. The fourth-order valence-corrected chi connectivity index (χ4v) is 3.16. The molecular formula is C15H21BrN2O3. The normalized spacial score (nSPS) is 18.6. The van der Waals surface area contributed by atoms with Crippen LogP contribution in [0.25, 0.3) is 0 Å². The van der Waals surface area contributed by atoms with E-state index in [-0.39, 0.29) is 17.8 Å². The van der Waals surface area contributed by atoms with Crippen LogP contribution in [0.2, 0.25) is 0 Å². The Morgan fingerprint density at radius 3 is 2.86 bits per heavy atom. The molecule has 1 aromatic rings. The number of piperidine rings is 1. The number of hydrogen-bond acceptors (Lipinski definition) is 3. The van der Waals surface area contributed by atoms with E-state index in [1.807, 2.05) is 23.8 Å². The molecule has 116 valence electrons. The first-order valence-electron chi connectivity index (χ1n) is 7.38. The van der Waals surface area contributed by atoms with Crippen LogP contribution in [0, 0.1) is 5.92 Å². The molecule has 1 saturated heterocycles. The summed E-state index contributed by atoms with van der Waals surface area (Å²) >= 11 is 3.41. The Morgan fingerprint density at radius 1 is 1.43 bits per heavy atom. The first-order valence-corrected chi connectivity index (χ1v) is 8.17. The Morgan fingerprint density at radius 2 is 2.19 bits per heavy atom. The molecule has 0 radical (unpaired) electrons. The molecular weight excluding hydrogens is 336 g/mol. The number of nitrogens with zero attached hydrogens (tertiary/aromatic N) is 2. The van der Waals surface area contributed by atoms with Gasteiger partial charge in [0.1, 0.15) is 5.69 Å². The molecule has 5 nitrogen and oxygen atoms in total. The third kappa shape index (κ3) is 3.67. The van der Waals surface area contributed by atoms with Crippen molar-refractivity contribution in [2.24, 2.45) is 5.92 Å². The third-order valence-electron chi connectivity index (χ3n) is 3.75. The highest BCUT2D eigenvalue weighted by Gasteiger charge is 2.30. The Hall–Kier alpha value is -1.30. The van der Waals surface area contributed by atoms with Crippen molar-refractivity contribution in [2.45, 2.75) is 33.2 Å². The minimum absolute atomic E-state index is 0.0171. The topological polar surface area (TPSA) is 51.5 Å². The number of rotatable bonds is 4. The van der Waals surface area contributed by atoms with Crippen molar-refractivity contribution >= 4 is 27.8 Å². The quantitative estimate of drug-likeness (QED) is 0.779. The number of esters is 1. The van der Waals surface area contributed by atoms with Crippen LogP contribution in [0.4, 0.5) is 0 Å². The van der Waals surface area contributed by atoms with E-state index in [4.69, 9.17) is 4.74 Å². The van der Waals surface area contributed by atoms with Crippen LogP contribution in [0.15, 0.2) is 16.7 Å². The third-order valence-corrected chi connectivity index (χ3v) is 4.19. The van der Waals surface area contributed by atoms with Gasteiger partial charge < -0.3 is 14.2 Å². The highest BCUT2D eigenvalue weighted by atomic mass is 79.9. The largest absolute Gasteiger partial charge is 0.466 e.